The zero-order valence-electron chi connectivity index (χ0n) is 11.1. The lowest BCUT2D eigenvalue weighted by molar-refractivity contribution is 0.107. The van der Waals surface area contributed by atoms with Gasteiger partial charge in [-0.1, -0.05) is 0 Å². The predicted octanol–water partition coefficient (Wildman–Crippen LogP) is -1.51. The highest BCUT2D eigenvalue weighted by atomic mass is 16.5. The van der Waals surface area contributed by atoms with Crippen molar-refractivity contribution in [3.63, 3.8) is 0 Å². The van der Waals surface area contributed by atoms with Crippen LogP contribution in [0.1, 0.15) is 11.6 Å². The molecule has 1 aliphatic heterocycles. The van der Waals surface area contributed by atoms with Gasteiger partial charge >= 0.3 is 0 Å². The molecular formula is C10H16N8O2. The van der Waals surface area contributed by atoms with Gasteiger partial charge in [-0.05, 0) is 10.4 Å². The highest BCUT2D eigenvalue weighted by Crippen LogP contribution is 1.95. The lowest BCUT2D eigenvalue weighted by Gasteiger charge is -2.03. The first-order chi connectivity index (χ1) is 9.90. The average molecular weight is 280 g/mol. The van der Waals surface area contributed by atoms with E-state index in [0.29, 0.717) is 64.0 Å². The van der Waals surface area contributed by atoms with Crippen molar-refractivity contribution in [2.75, 3.05) is 26.4 Å². The molecule has 0 unspecified atom stereocenters. The van der Waals surface area contributed by atoms with Crippen molar-refractivity contribution in [2.45, 2.75) is 25.9 Å². The fourth-order valence-corrected chi connectivity index (χ4v) is 1.77. The summed E-state index contributed by atoms with van der Waals surface area (Å²) in [6.07, 6.45) is 1.28. The minimum absolute atomic E-state index is 0.522. The first-order valence-corrected chi connectivity index (χ1v) is 6.59. The molecule has 0 atom stereocenters. The van der Waals surface area contributed by atoms with E-state index in [0.717, 1.165) is 0 Å². The summed E-state index contributed by atoms with van der Waals surface area (Å²) in [5.41, 5.74) is 0. The van der Waals surface area contributed by atoms with E-state index in [-0.39, 0.29) is 0 Å². The van der Waals surface area contributed by atoms with Crippen LogP contribution in [0, 0.1) is 0 Å². The number of rotatable bonds is 0. The molecule has 2 aromatic heterocycles. The SMILES string of the molecule is C1Cc2nnn(n2)CCOCCn2nnc(n2)CCO1. The molecule has 2 aromatic rings. The lowest BCUT2D eigenvalue weighted by atomic mass is 10.4. The van der Waals surface area contributed by atoms with E-state index < -0.39 is 0 Å². The Morgan fingerprint density at radius 1 is 0.700 bits per heavy atom. The number of hydrogen-bond acceptors (Lipinski definition) is 8. The molecule has 1 aliphatic rings. The highest BCUT2D eigenvalue weighted by molar-refractivity contribution is 4.78. The van der Waals surface area contributed by atoms with E-state index in [1.54, 1.807) is 0 Å². The minimum Gasteiger partial charge on any atom is -0.381 e. The van der Waals surface area contributed by atoms with E-state index in [9.17, 15) is 0 Å². The molecule has 0 radical (unpaired) electrons. The quantitative estimate of drug-likeness (QED) is 0.573. The predicted molar refractivity (Wildman–Crippen MR) is 64.7 cm³/mol. The van der Waals surface area contributed by atoms with Crippen molar-refractivity contribution in [1.82, 2.24) is 40.4 Å². The fourth-order valence-electron chi connectivity index (χ4n) is 1.77. The Hall–Kier alpha value is -1.94. The minimum atomic E-state index is 0.522. The van der Waals surface area contributed by atoms with Crippen LogP contribution >= 0.6 is 0 Å². The summed E-state index contributed by atoms with van der Waals surface area (Å²) < 4.78 is 11.0. The van der Waals surface area contributed by atoms with Crippen LogP contribution in [0.15, 0.2) is 0 Å². The molecule has 10 nitrogen and oxygen atoms in total. The summed E-state index contributed by atoms with van der Waals surface area (Å²) in [5.74, 6) is 1.36. The van der Waals surface area contributed by atoms with Gasteiger partial charge in [-0.15, -0.1) is 20.4 Å². The van der Waals surface area contributed by atoms with E-state index in [2.05, 4.69) is 30.8 Å². The van der Waals surface area contributed by atoms with Crippen LogP contribution in [0.3, 0.4) is 0 Å². The maximum atomic E-state index is 5.51. The van der Waals surface area contributed by atoms with Crippen LogP contribution in [0.25, 0.3) is 0 Å². The van der Waals surface area contributed by atoms with Crippen molar-refractivity contribution in [3.8, 4) is 0 Å². The Bertz CT molecular complexity index is 450. The summed E-state index contributed by atoms with van der Waals surface area (Å²) >= 11 is 0. The second-order valence-electron chi connectivity index (χ2n) is 4.33. The average Bonchev–Trinajstić information content (AvgIpc) is 3.07. The van der Waals surface area contributed by atoms with E-state index in [1.165, 1.54) is 9.59 Å². The largest absolute Gasteiger partial charge is 0.381 e. The van der Waals surface area contributed by atoms with E-state index >= 15 is 0 Å². The number of aromatic nitrogens is 8. The van der Waals surface area contributed by atoms with Gasteiger partial charge in [0.15, 0.2) is 11.6 Å². The van der Waals surface area contributed by atoms with Crippen LogP contribution in [-0.4, -0.2) is 66.8 Å². The van der Waals surface area contributed by atoms with Crippen molar-refractivity contribution in [2.24, 2.45) is 0 Å². The van der Waals surface area contributed by atoms with Crippen LogP contribution in [0.2, 0.25) is 0 Å². The van der Waals surface area contributed by atoms with Gasteiger partial charge in [-0.2, -0.15) is 9.59 Å². The first-order valence-electron chi connectivity index (χ1n) is 6.59. The van der Waals surface area contributed by atoms with Crippen LogP contribution < -0.4 is 0 Å². The smallest absolute Gasteiger partial charge is 0.177 e. The van der Waals surface area contributed by atoms with Crippen LogP contribution in [-0.2, 0) is 35.4 Å². The van der Waals surface area contributed by atoms with Gasteiger partial charge in [0.05, 0.1) is 39.5 Å². The first kappa shape index (κ1) is 13.1. The van der Waals surface area contributed by atoms with E-state index in [4.69, 9.17) is 9.47 Å². The van der Waals surface area contributed by atoms with Crippen LogP contribution in [0.5, 0.6) is 0 Å². The molecular weight excluding hydrogens is 264 g/mol. The molecule has 3 heterocycles. The monoisotopic (exact) mass is 280 g/mol. The maximum Gasteiger partial charge on any atom is 0.177 e. The van der Waals surface area contributed by atoms with E-state index in [1.807, 2.05) is 0 Å². The molecule has 0 aliphatic carbocycles. The van der Waals surface area contributed by atoms with Crippen molar-refractivity contribution in [1.29, 1.82) is 0 Å². The Labute approximate surface area is 115 Å². The lowest BCUT2D eigenvalue weighted by Crippen LogP contribution is -2.14. The summed E-state index contributed by atoms with van der Waals surface area (Å²) in [4.78, 5) is 3.07. The second-order valence-corrected chi connectivity index (χ2v) is 4.33. The molecule has 10 heteroatoms. The zero-order chi connectivity index (χ0) is 13.6. The van der Waals surface area contributed by atoms with Gasteiger partial charge in [0, 0.05) is 12.8 Å². The summed E-state index contributed by atoms with van der Waals surface area (Å²) in [5, 5.41) is 24.3. The Morgan fingerprint density at radius 2 is 1.20 bits per heavy atom. The van der Waals surface area contributed by atoms with Gasteiger partial charge in [0.2, 0.25) is 0 Å². The van der Waals surface area contributed by atoms with Gasteiger partial charge in [0.25, 0.3) is 0 Å². The number of tetrazole rings is 2. The molecule has 3 rings (SSSR count). The molecule has 20 heavy (non-hydrogen) atoms. The standard InChI is InChI=1S/C10H16N8O2/c1-5-19-6-2-10-12-16-18(14-10)4-8-20-7-3-17-13-9(1)11-15-17/h1-8H2. The Balaban J connectivity index is 1.60. The normalized spacial score (nSPS) is 18.0. The van der Waals surface area contributed by atoms with Crippen molar-refractivity contribution >= 4 is 0 Å². The maximum absolute atomic E-state index is 5.51. The molecule has 0 saturated heterocycles. The van der Waals surface area contributed by atoms with Gasteiger partial charge < -0.3 is 9.47 Å². The third-order valence-corrected chi connectivity index (χ3v) is 2.80. The van der Waals surface area contributed by atoms with Gasteiger partial charge in [-0.25, -0.2) is 0 Å². The number of ether oxygens (including phenoxy) is 2. The van der Waals surface area contributed by atoms with Crippen molar-refractivity contribution in [3.05, 3.63) is 11.6 Å². The third kappa shape index (κ3) is 3.54. The topological polar surface area (TPSA) is 106 Å². The number of fused-ring (bicyclic) bond motifs is 4. The Morgan fingerprint density at radius 3 is 1.75 bits per heavy atom. The summed E-state index contributed by atoms with van der Waals surface area (Å²) in [7, 11) is 0. The van der Waals surface area contributed by atoms with Crippen LogP contribution in [0.4, 0.5) is 0 Å². The molecule has 0 spiro atoms. The molecule has 0 amide bonds. The van der Waals surface area contributed by atoms with Gasteiger partial charge in [-0.3, -0.25) is 0 Å². The highest BCUT2D eigenvalue weighted by Gasteiger charge is 2.06. The zero-order valence-corrected chi connectivity index (χ0v) is 11.1. The fraction of sp³-hybridized carbons (Fsp3) is 0.800. The second kappa shape index (κ2) is 6.48. The number of hydrogen-bond donors (Lipinski definition) is 0. The Kier molecular flexibility index (Phi) is 4.23. The third-order valence-electron chi connectivity index (χ3n) is 2.80. The molecule has 0 N–H and O–H groups in total. The van der Waals surface area contributed by atoms with Crippen molar-refractivity contribution < 1.29 is 9.47 Å². The molecule has 0 aromatic carbocycles. The molecule has 4 bridgehead atoms. The van der Waals surface area contributed by atoms with Gasteiger partial charge in [0.1, 0.15) is 0 Å². The summed E-state index contributed by atoms with van der Waals surface area (Å²) in [6.45, 7) is 3.29. The molecule has 0 saturated carbocycles. The summed E-state index contributed by atoms with van der Waals surface area (Å²) in [6, 6.07) is 0. The molecule has 0 fully saturated rings. The molecule has 108 valence electrons. The number of nitrogens with zero attached hydrogens (tertiary/aromatic N) is 8.